The summed E-state index contributed by atoms with van der Waals surface area (Å²) in [5, 5.41) is 0. The molecule has 0 aliphatic rings. The molecular weight excluding hydrogens is 258 g/mol. The lowest BCUT2D eigenvalue weighted by molar-refractivity contribution is 0.104. The second kappa shape index (κ2) is 5.78. The van der Waals surface area contributed by atoms with Gasteiger partial charge in [-0.2, -0.15) is 0 Å². The maximum atomic E-state index is 13.5. The number of aryl methyl sites for hydroxylation is 2. The zero-order valence-electron chi connectivity index (χ0n) is 11.3. The van der Waals surface area contributed by atoms with Crippen LogP contribution in [0.15, 0.2) is 42.5 Å². The molecule has 20 heavy (non-hydrogen) atoms. The van der Waals surface area contributed by atoms with Crippen LogP contribution in [0.2, 0.25) is 0 Å². The molecule has 0 saturated heterocycles. The minimum atomic E-state index is -0.847. The number of hydrogen-bond donors (Lipinski definition) is 0. The molecule has 0 spiro atoms. The van der Waals surface area contributed by atoms with E-state index in [4.69, 9.17) is 0 Å². The zero-order chi connectivity index (χ0) is 14.7. The van der Waals surface area contributed by atoms with E-state index in [-0.39, 0.29) is 5.56 Å². The zero-order valence-corrected chi connectivity index (χ0v) is 11.3. The molecule has 0 aliphatic heterocycles. The molecule has 2 rings (SSSR count). The van der Waals surface area contributed by atoms with E-state index in [1.807, 2.05) is 32.0 Å². The van der Waals surface area contributed by atoms with E-state index < -0.39 is 17.4 Å². The lowest BCUT2D eigenvalue weighted by Crippen LogP contribution is -1.99. The molecule has 102 valence electrons. The molecule has 1 nitrogen and oxygen atoms in total. The summed E-state index contributed by atoms with van der Waals surface area (Å²) in [5.41, 5.74) is 2.93. The first-order valence-electron chi connectivity index (χ1n) is 6.22. The fourth-order valence-electron chi connectivity index (χ4n) is 1.96. The smallest absolute Gasteiger partial charge is 0.188 e. The summed E-state index contributed by atoms with van der Waals surface area (Å²) in [7, 11) is 0. The van der Waals surface area contributed by atoms with Gasteiger partial charge in [0.15, 0.2) is 5.78 Å². The summed E-state index contributed by atoms with van der Waals surface area (Å²) in [6.45, 7) is 3.93. The van der Waals surface area contributed by atoms with Gasteiger partial charge < -0.3 is 0 Å². The van der Waals surface area contributed by atoms with Gasteiger partial charge in [0.2, 0.25) is 0 Å². The fourth-order valence-corrected chi connectivity index (χ4v) is 1.96. The van der Waals surface area contributed by atoms with E-state index >= 15 is 0 Å². The molecule has 3 heteroatoms. The molecule has 2 aromatic rings. The molecule has 0 aliphatic carbocycles. The second-order valence-corrected chi connectivity index (χ2v) is 4.68. The second-order valence-electron chi connectivity index (χ2n) is 4.68. The average Bonchev–Trinajstić information content (AvgIpc) is 2.37. The number of carbonyl (C=O) groups is 1. The number of carbonyl (C=O) groups excluding carboxylic acids is 1. The van der Waals surface area contributed by atoms with Crippen molar-refractivity contribution in [2.24, 2.45) is 0 Å². The highest BCUT2D eigenvalue weighted by Gasteiger charge is 2.09. The van der Waals surface area contributed by atoms with Crippen LogP contribution in [-0.4, -0.2) is 5.78 Å². The number of benzene rings is 2. The third-order valence-electron chi connectivity index (χ3n) is 3.04. The van der Waals surface area contributed by atoms with Crippen molar-refractivity contribution in [2.75, 3.05) is 0 Å². The monoisotopic (exact) mass is 272 g/mol. The summed E-state index contributed by atoms with van der Waals surface area (Å²) in [6.07, 6.45) is 2.94. The van der Waals surface area contributed by atoms with E-state index in [1.54, 1.807) is 6.08 Å². The molecule has 0 fully saturated rings. The van der Waals surface area contributed by atoms with Crippen LogP contribution in [0.5, 0.6) is 0 Å². The molecule has 0 N–H and O–H groups in total. The maximum absolute atomic E-state index is 13.5. The Balaban J connectivity index is 2.24. The molecule has 0 heterocycles. The van der Waals surface area contributed by atoms with E-state index in [0.29, 0.717) is 6.07 Å². The SMILES string of the molecule is Cc1ccc(/C=C/C(=O)c2ccc(F)cc2F)c(C)c1. The molecule has 0 bridgehead atoms. The van der Waals surface area contributed by atoms with Gasteiger partial charge in [0.1, 0.15) is 11.6 Å². The molecule has 2 aromatic carbocycles. The van der Waals surface area contributed by atoms with Crippen LogP contribution >= 0.6 is 0 Å². The lowest BCUT2D eigenvalue weighted by Gasteiger charge is -2.02. The Hall–Kier alpha value is -2.29. The van der Waals surface area contributed by atoms with Gasteiger partial charge in [-0.1, -0.05) is 29.8 Å². The Labute approximate surface area is 116 Å². The Morgan fingerprint density at radius 3 is 2.45 bits per heavy atom. The number of allylic oxidation sites excluding steroid dienone is 1. The van der Waals surface area contributed by atoms with Crippen molar-refractivity contribution in [3.05, 3.63) is 76.4 Å². The van der Waals surface area contributed by atoms with Crippen LogP contribution in [0.4, 0.5) is 8.78 Å². The summed E-state index contributed by atoms with van der Waals surface area (Å²) in [5.74, 6) is -2.03. The highest BCUT2D eigenvalue weighted by atomic mass is 19.1. The van der Waals surface area contributed by atoms with Gasteiger partial charge in [-0.3, -0.25) is 4.79 Å². The molecule has 0 unspecified atom stereocenters. The van der Waals surface area contributed by atoms with E-state index in [0.717, 1.165) is 28.8 Å². The average molecular weight is 272 g/mol. The minimum absolute atomic E-state index is 0.132. The van der Waals surface area contributed by atoms with Crippen LogP contribution in [0.25, 0.3) is 6.08 Å². The van der Waals surface area contributed by atoms with Gasteiger partial charge in [-0.15, -0.1) is 0 Å². The molecule has 0 saturated carbocycles. The van der Waals surface area contributed by atoms with Crippen molar-refractivity contribution in [1.82, 2.24) is 0 Å². The van der Waals surface area contributed by atoms with E-state index in [9.17, 15) is 13.6 Å². The third kappa shape index (κ3) is 3.18. The van der Waals surface area contributed by atoms with Crippen molar-refractivity contribution in [3.8, 4) is 0 Å². The van der Waals surface area contributed by atoms with Crippen LogP contribution in [0.1, 0.15) is 27.0 Å². The third-order valence-corrected chi connectivity index (χ3v) is 3.04. The molecule has 0 radical (unpaired) electrons. The van der Waals surface area contributed by atoms with Gasteiger partial charge in [-0.25, -0.2) is 8.78 Å². The van der Waals surface area contributed by atoms with Crippen molar-refractivity contribution in [2.45, 2.75) is 13.8 Å². The van der Waals surface area contributed by atoms with Crippen LogP contribution in [0.3, 0.4) is 0 Å². The highest BCUT2D eigenvalue weighted by molar-refractivity contribution is 6.07. The first-order valence-corrected chi connectivity index (χ1v) is 6.22. The Kier molecular flexibility index (Phi) is 4.08. The number of halogens is 2. The Morgan fingerprint density at radius 2 is 1.80 bits per heavy atom. The summed E-state index contributed by atoms with van der Waals surface area (Å²) in [6, 6.07) is 8.77. The van der Waals surface area contributed by atoms with Gasteiger partial charge in [0, 0.05) is 6.07 Å². The quantitative estimate of drug-likeness (QED) is 0.595. The fraction of sp³-hybridized carbons (Fsp3) is 0.118. The largest absolute Gasteiger partial charge is 0.289 e. The topological polar surface area (TPSA) is 17.1 Å². The van der Waals surface area contributed by atoms with Crippen molar-refractivity contribution >= 4 is 11.9 Å². The molecule has 0 aromatic heterocycles. The lowest BCUT2D eigenvalue weighted by atomic mass is 10.0. The van der Waals surface area contributed by atoms with E-state index in [2.05, 4.69) is 0 Å². The van der Waals surface area contributed by atoms with Crippen LogP contribution < -0.4 is 0 Å². The Bertz CT molecular complexity index is 687. The number of hydrogen-bond acceptors (Lipinski definition) is 1. The number of ketones is 1. The van der Waals surface area contributed by atoms with E-state index in [1.165, 1.54) is 6.08 Å². The van der Waals surface area contributed by atoms with Crippen LogP contribution in [-0.2, 0) is 0 Å². The first-order chi connectivity index (χ1) is 9.47. The van der Waals surface area contributed by atoms with Gasteiger partial charge >= 0.3 is 0 Å². The summed E-state index contributed by atoms with van der Waals surface area (Å²) >= 11 is 0. The first kappa shape index (κ1) is 14.1. The molecular formula is C17H14F2O. The maximum Gasteiger partial charge on any atom is 0.188 e. The van der Waals surface area contributed by atoms with Gasteiger partial charge in [0.05, 0.1) is 5.56 Å². The standard InChI is InChI=1S/C17H14F2O/c1-11-3-4-13(12(2)9-11)5-8-17(20)15-7-6-14(18)10-16(15)19/h3-10H,1-2H3/b8-5+. The minimum Gasteiger partial charge on any atom is -0.289 e. The van der Waals surface area contributed by atoms with Crippen molar-refractivity contribution in [1.29, 1.82) is 0 Å². The Morgan fingerprint density at radius 1 is 1.05 bits per heavy atom. The summed E-state index contributed by atoms with van der Waals surface area (Å²) in [4.78, 5) is 11.9. The van der Waals surface area contributed by atoms with Gasteiger partial charge in [0.25, 0.3) is 0 Å². The highest BCUT2D eigenvalue weighted by Crippen LogP contribution is 2.14. The van der Waals surface area contributed by atoms with Crippen molar-refractivity contribution < 1.29 is 13.6 Å². The van der Waals surface area contributed by atoms with Crippen LogP contribution in [0, 0.1) is 25.5 Å². The summed E-state index contributed by atoms with van der Waals surface area (Å²) < 4.78 is 26.2. The van der Waals surface area contributed by atoms with Gasteiger partial charge in [-0.05, 0) is 43.2 Å². The predicted molar refractivity (Wildman–Crippen MR) is 75.6 cm³/mol. The molecule has 0 amide bonds. The normalized spacial score (nSPS) is 11.0. The number of rotatable bonds is 3. The van der Waals surface area contributed by atoms with Crippen molar-refractivity contribution in [3.63, 3.8) is 0 Å². The predicted octanol–water partition coefficient (Wildman–Crippen LogP) is 4.48. The molecule has 0 atom stereocenters.